The molecule has 1 heterocycles. The Balaban J connectivity index is 1.67. The van der Waals surface area contributed by atoms with Crippen molar-refractivity contribution in [2.75, 3.05) is 39.8 Å². The third-order valence-corrected chi connectivity index (χ3v) is 3.55. The number of nitrogens with one attached hydrogen (secondary N) is 3. The number of hydrazine groups is 1. The Kier molecular flexibility index (Phi) is 6.12. The minimum absolute atomic E-state index is 0.0167. The molecule has 1 aliphatic heterocycles. The van der Waals surface area contributed by atoms with E-state index in [1.807, 2.05) is 35.3 Å². The normalized spacial score (nSPS) is 16.6. The van der Waals surface area contributed by atoms with Crippen molar-refractivity contribution in [2.45, 2.75) is 0 Å². The molecule has 1 aromatic carbocycles. The summed E-state index contributed by atoms with van der Waals surface area (Å²) in [5.41, 5.74) is 3.76. The summed E-state index contributed by atoms with van der Waals surface area (Å²) in [4.78, 5) is 24.9. The van der Waals surface area contributed by atoms with Gasteiger partial charge in [0, 0.05) is 6.08 Å². The van der Waals surface area contributed by atoms with Gasteiger partial charge in [0.2, 0.25) is 5.91 Å². The van der Waals surface area contributed by atoms with Crippen LogP contribution in [-0.2, 0) is 9.59 Å². The van der Waals surface area contributed by atoms with Crippen LogP contribution in [0, 0.1) is 0 Å². The van der Waals surface area contributed by atoms with Crippen LogP contribution in [0.25, 0.3) is 6.08 Å². The maximum atomic E-state index is 11.8. The molecule has 1 aliphatic rings. The molecular weight excluding hydrogens is 280 g/mol. The standard InChI is InChI=1S/C16H22N4O2/c1-19-9-11-20(12-10-19)18-16(22)13-17-15(21)8-7-14-5-3-2-4-6-14/h2-8H,9-13H2,1H3,(H,17,21)(H,18,22)/p+1/b8-7+. The second-order valence-corrected chi connectivity index (χ2v) is 5.44. The van der Waals surface area contributed by atoms with Gasteiger partial charge in [-0.3, -0.25) is 15.0 Å². The number of hydrogen-bond acceptors (Lipinski definition) is 3. The van der Waals surface area contributed by atoms with Gasteiger partial charge in [-0.2, -0.15) is 0 Å². The average molecular weight is 303 g/mol. The highest BCUT2D eigenvalue weighted by Crippen LogP contribution is 2.00. The number of amides is 2. The number of rotatable bonds is 5. The van der Waals surface area contributed by atoms with Crippen molar-refractivity contribution in [3.63, 3.8) is 0 Å². The van der Waals surface area contributed by atoms with Gasteiger partial charge in [0.15, 0.2) is 0 Å². The van der Waals surface area contributed by atoms with Crippen LogP contribution >= 0.6 is 0 Å². The van der Waals surface area contributed by atoms with Crippen molar-refractivity contribution in [3.05, 3.63) is 42.0 Å². The molecule has 2 rings (SSSR count). The van der Waals surface area contributed by atoms with Gasteiger partial charge in [0.05, 0.1) is 39.8 Å². The maximum absolute atomic E-state index is 11.8. The molecule has 0 spiro atoms. The molecule has 0 saturated carbocycles. The van der Waals surface area contributed by atoms with Gasteiger partial charge in [0.25, 0.3) is 5.91 Å². The molecule has 6 nitrogen and oxygen atoms in total. The van der Waals surface area contributed by atoms with Crippen LogP contribution in [0.4, 0.5) is 0 Å². The minimum Gasteiger partial charge on any atom is -0.343 e. The van der Waals surface area contributed by atoms with Gasteiger partial charge in [-0.1, -0.05) is 30.3 Å². The molecule has 118 valence electrons. The van der Waals surface area contributed by atoms with Crippen LogP contribution < -0.4 is 15.6 Å². The Hall–Kier alpha value is -2.18. The van der Waals surface area contributed by atoms with Crippen molar-refractivity contribution in [3.8, 4) is 0 Å². The van der Waals surface area contributed by atoms with E-state index in [-0.39, 0.29) is 18.4 Å². The van der Waals surface area contributed by atoms with E-state index < -0.39 is 0 Å². The summed E-state index contributed by atoms with van der Waals surface area (Å²) in [7, 11) is 2.14. The lowest BCUT2D eigenvalue weighted by atomic mass is 10.2. The Morgan fingerprint density at radius 3 is 2.59 bits per heavy atom. The lowest BCUT2D eigenvalue weighted by molar-refractivity contribution is -0.884. The number of nitrogens with zero attached hydrogens (tertiary/aromatic N) is 1. The molecule has 1 saturated heterocycles. The smallest absolute Gasteiger partial charge is 0.253 e. The summed E-state index contributed by atoms with van der Waals surface area (Å²) in [5, 5.41) is 4.49. The molecule has 3 N–H and O–H groups in total. The fourth-order valence-corrected chi connectivity index (χ4v) is 2.18. The molecule has 0 unspecified atom stereocenters. The maximum Gasteiger partial charge on any atom is 0.253 e. The molecular formula is C16H23N4O2+. The van der Waals surface area contributed by atoms with Crippen molar-refractivity contribution < 1.29 is 14.5 Å². The van der Waals surface area contributed by atoms with Gasteiger partial charge in [-0.25, -0.2) is 5.01 Å². The molecule has 6 heteroatoms. The van der Waals surface area contributed by atoms with E-state index in [9.17, 15) is 9.59 Å². The molecule has 1 fully saturated rings. The number of carbonyl (C=O) groups is 2. The van der Waals surface area contributed by atoms with Crippen LogP contribution in [0.5, 0.6) is 0 Å². The molecule has 0 aromatic heterocycles. The summed E-state index contributed by atoms with van der Waals surface area (Å²) in [6, 6.07) is 9.55. The van der Waals surface area contributed by atoms with Gasteiger partial charge < -0.3 is 10.2 Å². The summed E-state index contributed by atoms with van der Waals surface area (Å²) >= 11 is 0. The zero-order valence-electron chi connectivity index (χ0n) is 12.8. The number of carbonyl (C=O) groups excluding carboxylic acids is 2. The summed E-state index contributed by atoms with van der Waals surface area (Å²) in [6.45, 7) is 3.66. The quantitative estimate of drug-likeness (QED) is 0.591. The van der Waals surface area contributed by atoms with E-state index in [1.165, 1.54) is 11.0 Å². The first-order valence-corrected chi connectivity index (χ1v) is 7.50. The van der Waals surface area contributed by atoms with Gasteiger partial charge >= 0.3 is 0 Å². The van der Waals surface area contributed by atoms with Crippen LogP contribution in [0.3, 0.4) is 0 Å². The highest BCUT2D eigenvalue weighted by atomic mass is 16.2. The van der Waals surface area contributed by atoms with Crippen molar-refractivity contribution >= 4 is 17.9 Å². The van der Waals surface area contributed by atoms with Crippen LogP contribution in [0.2, 0.25) is 0 Å². The Labute approximate surface area is 130 Å². The minimum atomic E-state index is -0.276. The molecule has 1 aromatic rings. The fourth-order valence-electron chi connectivity index (χ4n) is 2.18. The number of hydrogen-bond donors (Lipinski definition) is 3. The third-order valence-electron chi connectivity index (χ3n) is 3.55. The highest BCUT2D eigenvalue weighted by Gasteiger charge is 2.17. The topological polar surface area (TPSA) is 65.9 Å². The lowest BCUT2D eigenvalue weighted by Gasteiger charge is -2.30. The largest absolute Gasteiger partial charge is 0.343 e. The van der Waals surface area contributed by atoms with Crippen molar-refractivity contribution in [1.82, 2.24) is 15.8 Å². The predicted molar refractivity (Wildman–Crippen MR) is 84.8 cm³/mol. The van der Waals surface area contributed by atoms with Gasteiger partial charge in [0.1, 0.15) is 0 Å². The molecule has 0 radical (unpaired) electrons. The van der Waals surface area contributed by atoms with E-state index in [4.69, 9.17) is 0 Å². The van der Waals surface area contributed by atoms with Gasteiger partial charge in [-0.15, -0.1) is 0 Å². The first-order valence-electron chi connectivity index (χ1n) is 7.50. The van der Waals surface area contributed by atoms with E-state index in [1.54, 1.807) is 6.08 Å². The number of piperazine rings is 1. The van der Waals surface area contributed by atoms with Crippen LogP contribution in [0.1, 0.15) is 5.56 Å². The monoisotopic (exact) mass is 303 g/mol. The third kappa shape index (κ3) is 5.67. The zero-order chi connectivity index (χ0) is 15.8. The Morgan fingerprint density at radius 2 is 1.91 bits per heavy atom. The van der Waals surface area contributed by atoms with Crippen LogP contribution in [-0.4, -0.2) is 56.6 Å². The molecule has 0 bridgehead atoms. The number of likely N-dealkylation sites (N-methyl/N-ethyl adjacent to an activating group) is 1. The first kappa shape index (κ1) is 16.2. The predicted octanol–water partition coefficient (Wildman–Crippen LogP) is -1.32. The zero-order valence-corrected chi connectivity index (χ0v) is 12.8. The SMILES string of the molecule is C[NH+]1CCN(NC(=O)CNC(=O)/C=C/c2ccccc2)CC1. The highest BCUT2D eigenvalue weighted by molar-refractivity contribution is 5.94. The number of benzene rings is 1. The summed E-state index contributed by atoms with van der Waals surface area (Å²) < 4.78 is 0. The molecule has 22 heavy (non-hydrogen) atoms. The van der Waals surface area contributed by atoms with E-state index in [0.717, 1.165) is 31.7 Å². The summed E-state index contributed by atoms with van der Waals surface area (Å²) in [6.07, 6.45) is 3.15. The Bertz CT molecular complexity index is 522. The second-order valence-electron chi connectivity index (χ2n) is 5.44. The molecule has 0 aliphatic carbocycles. The van der Waals surface area contributed by atoms with Gasteiger partial charge in [-0.05, 0) is 11.6 Å². The number of quaternary nitrogens is 1. The Morgan fingerprint density at radius 1 is 1.23 bits per heavy atom. The lowest BCUT2D eigenvalue weighted by Crippen LogP contribution is -3.12. The molecule has 2 amide bonds. The first-order chi connectivity index (χ1) is 10.6. The fraction of sp³-hybridized carbons (Fsp3) is 0.375. The molecule has 0 atom stereocenters. The average Bonchev–Trinajstić information content (AvgIpc) is 2.54. The van der Waals surface area contributed by atoms with Crippen molar-refractivity contribution in [1.29, 1.82) is 0 Å². The van der Waals surface area contributed by atoms with E-state index in [0.29, 0.717) is 0 Å². The summed E-state index contributed by atoms with van der Waals surface area (Å²) in [5.74, 6) is -0.470. The second kappa shape index (κ2) is 8.31. The van der Waals surface area contributed by atoms with E-state index in [2.05, 4.69) is 17.8 Å². The van der Waals surface area contributed by atoms with Crippen molar-refractivity contribution in [2.24, 2.45) is 0 Å². The van der Waals surface area contributed by atoms with Crippen LogP contribution in [0.15, 0.2) is 36.4 Å². The van der Waals surface area contributed by atoms with E-state index >= 15 is 0 Å².